The Balaban J connectivity index is 1.66. The van der Waals surface area contributed by atoms with E-state index < -0.39 is 0 Å². The molecule has 156 valence electrons. The number of hydrogen-bond acceptors (Lipinski definition) is 3. The number of hydrogen-bond donors (Lipinski definition) is 1. The first kappa shape index (κ1) is 20.1. The second-order valence-corrected chi connectivity index (χ2v) is 8.05. The van der Waals surface area contributed by atoms with Crippen molar-refractivity contribution >= 4 is 39.1 Å². The monoisotopic (exact) mass is 438 g/mol. The predicted octanol–water partition coefficient (Wildman–Crippen LogP) is 7.17. The van der Waals surface area contributed by atoms with Gasteiger partial charge >= 0.3 is 5.97 Å². The van der Waals surface area contributed by atoms with Crippen molar-refractivity contribution < 1.29 is 14.6 Å². The molecule has 0 atom stereocenters. The molecule has 0 fully saturated rings. The number of rotatable bonds is 4. The summed E-state index contributed by atoms with van der Waals surface area (Å²) in [5.41, 5.74) is 2.16. The lowest BCUT2D eigenvalue weighted by molar-refractivity contribution is -0.133. The van der Waals surface area contributed by atoms with E-state index in [-0.39, 0.29) is 18.1 Å². The van der Waals surface area contributed by atoms with E-state index in [1.807, 2.05) is 60.7 Å². The van der Waals surface area contributed by atoms with Gasteiger partial charge in [0.2, 0.25) is 0 Å². The van der Waals surface area contributed by atoms with Crippen molar-refractivity contribution in [1.82, 2.24) is 0 Å². The smallest absolute Gasteiger partial charge is 0.315 e. The Hall–Kier alpha value is -3.82. The van der Waals surface area contributed by atoms with Gasteiger partial charge in [-0.25, -0.2) is 0 Å². The van der Waals surface area contributed by atoms with Crippen LogP contribution in [0.3, 0.4) is 0 Å². The zero-order chi connectivity index (χ0) is 22.1. The van der Waals surface area contributed by atoms with E-state index in [0.29, 0.717) is 21.9 Å². The van der Waals surface area contributed by atoms with E-state index in [4.69, 9.17) is 16.3 Å². The second kappa shape index (κ2) is 8.37. The highest BCUT2D eigenvalue weighted by Gasteiger charge is 2.19. The fourth-order valence-electron chi connectivity index (χ4n) is 4.04. The Labute approximate surface area is 190 Å². The topological polar surface area (TPSA) is 46.5 Å². The van der Waals surface area contributed by atoms with Crippen LogP contribution >= 0.6 is 11.6 Å². The molecular weight excluding hydrogens is 420 g/mol. The van der Waals surface area contributed by atoms with Crippen LogP contribution in [0.4, 0.5) is 0 Å². The van der Waals surface area contributed by atoms with Gasteiger partial charge in [-0.15, -0.1) is 0 Å². The summed E-state index contributed by atoms with van der Waals surface area (Å²) in [5, 5.41) is 15.3. The molecule has 0 heterocycles. The molecule has 0 saturated carbocycles. The number of phenolic OH excluding ortho intramolecular Hbond substituents is 1. The zero-order valence-electron chi connectivity index (χ0n) is 17.1. The third-order valence-electron chi connectivity index (χ3n) is 5.53. The molecule has 1 N–H and O–H groups in total. The summed E-state index contributed by atoms with van der Waals surface area (Å²) in [7, 11) is 0. The van der Waals surface area contributed by atoms with E-state index in [0.717, 1.165) is 27.1 Å². The summed E-state index contributed by atoms with van der Waals surface area (Å²) in [6, 6.07) is 30.1. The van der Waals surface area contributed by atoms with E-state index >= 15 is 0 Å². The standard InChI is InChI=1S/C28H19ClO3/c29-21-13-9-18(10-14-21)17-26(31)32-25-16-12-20-6-2-4-8-23(20)28(25)27-22-7-3-1-5-19(22)11-15-24(27)30/h1-16,30H,17H2. The van der Waals surface area contributed by atoms with E-state index in [9.17, 15) is 9.90 Å². The highest BCUT2D eigenvalue weighted by molar-refractivity contribution is 6.30. The maximum atomic E-state index is 12.8. The average molecular weight is 439 g/mol. The Morgan fingerprint density at radius 2 is 1.31 bits per heavy atom. The number of benzene rings is 5. The van der Waals surface area contributed by atoms with Crippen molar-refractivity contribution in [3.8, 4) is 22.6 Å². The first-order valence-corrected chi connectivity index (χ1v) is 10.7. The van der Waals surface area contributed by atoms with Gasteiger partial charge in [0.1, 0.15) is 11.5 Å². The number of fused-ring (bicyclic) bond motifs is 2. The normalized spacial score (nSPS) is 11.0. The Kier molecular flexibility index (Phi) is 5.26. The number of carbonyl (C=O) groups is 1. The lowest BCUT2D eigenvalue weighted by Crippen LogP contribution is -2.12. The lowest BCUT2D eigenvalue weighted by Gasteiger charge is -2.17. The van der Waals surface area contributed by atoms with Crippen molar-refractivity contribution in [2.24, 2.45) is 0 Å². The predicted molar refractivity (Wildman–Crippen MR) is 129 cm³/mol. The molecule has 5 rings (SSSR count). The Morgan fingerprint density at radius 3 is 2.00 bits per heavy atom. The maximum absolute atomic E-state index is 12.8. The molecule has 0 amide bonds. The van der Waals surface area contributed by atoms with Gasteiger partial charge in [-0.05, 0) is 51.4 Å². The number of carbonyl (C=O) groups excluding carboxylic acids is 1. The van der Waals surface area contributed by atoms with Crippen molar-refractivity contribution in [3.05, 3.63) is 108 Å². The summed E-state index contributed by atoms with van der Waals surface area (Å²) < 4.78 is 5.86. The molecule has 5 aromatic rings. The van der Waals surface area contributed by atoms with Gasteiger partial charge in [0, 0.05) is 16.1 Å². The van der Waals surface area contributed by atoms with Crippen molar-refractivity contribution in [3.63, 3.8) is 0 Å². The van der Waals surface area contributed by atoms with Crippen LogP contribution < -0.4 is 4.74 Å². The average Bonchev–Trinajstić information content (AvgIpc) is 2.81. The third kappa shape index (κ3) is 3.79. The molecule has 4 heteroatoms. The molecule has 0 spiro atoms. The van der Waals surface area contributed by atoms with Crippen molar-refractivity contribution in [2.75, 3.05) is 0 Å². The fourth-order valence-corrected chi connectivity index (χ4v) is 4.17. The van der Waals surface area contributed by atoms with Crippen LogP contribution in [0.2, 0.25) is 5.02 Å². The van der Waals surface area contributed by atoms with Crippen molar-refractivity contribution in [1.29, 1.82) is 0 Å². The van der Waals surface area contributed by atoms with Gasteiger partial charge in [-0.2, -0.15) is 0 Å². The first-order valence-electron chi connectivity index (χ1n) is 10.3. The highest BCUT2D eigenvalue weighted by atomic mass is 35.5. The molecule has 32 heavy (non-hydrogen) atoms. The molecule has 0 aliphatic carbocycles. The van der Waals surface area contributed by atoms with Crippen LogP contribution in [-0.2, 0) is 11.2 Å². The molecule has 0 bridgehead atoms. The molecule has 0 aliphatic rings. The quantitative estimate of drug-likeness (QED) is 0.239. The van der Waals surface area contributed by atoms with Crippen LogP contribution in [0, 0.1) is 0 Å². The minimum absolute atomic E-state index is 0.116. The van der Waals surface area contributed by atoms with E-state index in [1.165, 1.54) is 0 Å². The fraction of sp³-hybridized carbons (Fsp3) is 0.0357. The summed E-state index contributed by atoms with van der Waals surface area (Å²) in [6.45, 7) is 0. The molecule has 0 saturated heterocycles. The number of phenols is 1. The number of ether oxygens (including phenoxy) is 1. The molecular formula is C28H19ClO3. The van der Waals surface area contributed by atoms with E-state index in [2.05, 4.69) is 0 Å². The van der Waals surface area contributed by atoms with Crippen LogP contribution in [0.5, 0.6) is 11.5 Å². The van der Waals surface area contributed by atoms with Crippen LogP contribution in [0.1, 0.15) is 5.56 Å². The van der Waals surface area contributed by atoms with Gasteiger partial charge in [-0.3, -0.25) is 4.79 Å². The highest BCUT2D eigenvalue weighted by Crippen LogP contribution is 2.45. The van der Waals surface area contributed by atoms with Crippen LogP contribution in [0.15, 0.2) is 97.1 Å². The first-order chi connectivity index (χ1) is 15.6. The van der Waals surface area contributed by atoms with Gasteiger partial charge < -0.3 is 9.84 Å². The largest absolute Gasteiger partial charge is 0.507 e. The summed E-state index contributed by atoms with van der Waals surface area (Å²) >= 11 is 5.94. The molecule has 5 aromatic carbocycles. The van der Waals surface area contributed by atoms with E-state index in [1.54, 1.807) is 36.4 Å². The molecule has 0 radical (unpaired) electrons. The lowest BCUT2D eigenvalue weighted by atomic mass is 9.92. The Morgan fingerprint density at radius 1 is 0.719 bits per heavy atom. The minimum atomic E-state index is -0.386. The molecule has 0 aromatic heterocycles. The second-order valence-electron chi connectivity index (χ2n) is 7.62. The Bertz CT molecular complexity index is 1460. The maximum Gasteiger partial charge on any atom is 0.315 e. The van der Waals surface area contributed by atoms with Gasteiger partial charge in [-0.1, -0.05) is 84.4 Å². The minimum Gasteiger partial charge on any atom is -0.507 e. The molecule has 3 nitrogen and oxygen atoms in total. The van der Waals surface area contributed by atoms with Crippen molar-refractivity contribution in [2.45, 2.75) is 6.42 Å². The SMILES string of the molecule is O=C(Cc1ccc(Cl)cc1)Oc1ccc2ccccc2c1-c1c(O)ccc2ccccc12. The molecule has 0 aliphatic heterocycles. The number of halogens is 1. The van der Waals surface area contributed by atoms with Gasteiger partial charge in [0.05, 0.1) is 6.42 Å². The van der Waals surface area contributed by atoms with Crippen LogP contribution in [-0.4, -0.2) is 11.1 Å². The molecule has 0 unspecified atom stereocenters. The summed E-state index contributed by atoms with van der Waals surface area (Å²) in [5.74, 6) is 0.160. The number of aromatic hydroxyl groups is 1. The van der Waals surface area contributed by atoms with Gasteiger partial charge in [0.25, 0.3) is 0 Å². The number of esters is 1. The van der Waals surface area contributed by atoms with Crippen LogP contribution in [0.25, 0.3) is 32.7 Å². The summed E-state index contributed by atoms with van der Waals surface area (Å²) in [6.07, 6.45) is 0.116. The summed E-state index contributed by atoms with van der Waals surface area (Å²) in [4.78, 5) is 12.8. The zero-order valence-corrected chi connectivity index (χ0v) is 17.8. The third-order valence-corrected chi connectivity index (χ3v) is 5.79. The van der Waals surface area contributed by atoms with Gasteiger partial charge in [0.15, 0.2) is 0 Å².